The van der Waals surface area contributed by atoms with Crippen molar-refractivity contribution in [2.24, 2.45) is 13.0 Å². The summed E-state index contributed by atoms with van der Waals surface area (Å²) in [7, 11) is 1.73. The Balaban J connectivity index is 0.000000982. The Kier molecular flexibility index (Phi) is 7.63. The number of nitrogens with zero attached hydrogens (tertiary/aromatic N) is 3. The van der Waals surface area contributed by atoms with Crippen LogP contribution in [0.4, 0.5) is 0 Å². The summed E-state index contributed by atoms with van der Waals surface area (Å²) in [4.78, 5) is 26.6. The summed E-state index contributed by atoms with van der Waals surface area (Å²) in [5.74, 6) is 0.0510. The van der Waals surface area contributed by atoms with Crippen molar-refractivity contribution in [3.8, 4) is 0 Å². The van der Waals surface area contributed by atoms with Crippen LogP contribution in [0.1, 0.15) is 31.9 Å². The van der Waals surface area contributed by atoms with Crippen molar-refractivity contribution in [2.45, 2.75) is 26.2 Å². The number of halogens is 1. The predicted octanol–water partition coefficient (Wildman–Crippen LogP) is 1.90. The van der Waals surface area contributed by atoms with E-state index in [-0.39, 0.29) is 29.5 Å². The minimum atomic E-state index is -0.292. The van der Waals surface area contributed by atoms with Crippen LogP contribution in [-0.2, 0) is 16.6 Å². The molecule has 1 aromatic heterocycles. The van der Waals surface area contributed by atoms with Crippen LogP contribution in [0.25, 0.3) is 0 Å². The molecule has 0 spiro atoms. The van der Waals surface area contributed by atoms with E-state index in [0.717, 1.165) is 6.42 Å². The average Bonchev–Trinajstić information content (AvgIpc) is 2.66. The zero-order valence-corrected chi connectivity index (χ0v) is 11.8. The number of aryl methyl sites for hydroxylation is 1. The minimum Gasteiger partial charge on any atom is -0.265 e. The van der Waals surface area contributed by atoms with Gasteiger partial charge in [-0.25, -0.2) is 0 Å². The molecule has 0 N–H and O–H groups in total. The maximum atomic E-state index is 10.6. The Morgan fingerprint density at radius 1 is 1.58 bits per heavy atom. The van der Waals surface area contributed by atoms with Gasteiger partial charge in [-0.05, 0) is 12.0 Å². The molecule has 106 valence electrons. The molecular weight excluding hydrogens is 274 g/mol. The van der Waals surface area contributed by atoms with Crippen molar-refractivity contribution in [2.75, 3.05) is 6.54 Å². The normalized spacial score (nSPS) is 12.8. The molecule has 0 radical (unpaired) electrons. The molecule has 0 aliphatic heterocycles. The van der Waals surface area contributed by atoms with E-state index in [1.807, 2.05) is 13.8 Å². The highest BCUT2D eigenvalue weighted by Gasteiger charge is 2.26. The van der Waals surface area contributed by atoms with E-state index >= 15 is 0 Å². The van der Waals surface area contributed by atoms with Gasteiger partial charge >= 0.3 is 6.15 Å². The number of rotatable bonds is 5. The Labute approximate surface area is 115 Å². The summed E-state index contributed by atoms with van der Waals surface area (Å²) in [6, 6.07) is 1.71. The summed E-state index contributed by atoms with van der Waals surface area (Å²) in [6.07, 6.45) is 1.13. The number of aromatic nitrogens is 2. The first-order valence-corrected chi connectivity index (χ1v) is 6.05. The molecule has 2 atom stereocenters. The van der Waals surface area contributed by atoms with Gasteiger partial charge in [0.2, 0.25) is 6.54 Å². The summed E-state index contributed by atoms with van der Waals surface area (Å²) >= 11 is 5.89. The molecule has 1 aromatic rings. The third kappa shape index (κ3) is 5.63. The SMILES string of the molecule is CCC(C)[C@H](C[N+](=O)[O-])c1cc(Cl)n(C)n1.O=C=O. The first-order valence-electron chi connectivity index (χ1n) is 5.67. The third-order valence-corrected chi connectivity index (χ3v) is 3.25. The molecule has 1 rings (SSSR count). The van der Waals surface area contributed by atoms with Gasteiger partial charge in [-0.1, -0.05) is 31.9 Å². The highest BCUT2D eigenvalue weighted by Crippen LogP contribution is 2.27. The zero-order valence-electron chi connectivity index (χ0n) is 11.0. The van der Waals surface area contributed by atoms with Crippen molar-refractivity contribution in [3.63, 3.8) is 0 Å². The molecule has 0 bridgehead atoms. The van der Waals surface area contributed by atoms with Crippen LogP contribution >= 0.6 is 11.6 Å². The van der Waals surface area contributed by atoms with Gasteiger partial charge in [0, 0.05) is 12.0 Å². The lowest BCUT2D eigenvalue weighted by molar-refractivity contribution is -0.485. The molecule has 0 aliphatic carbocycles. The Hall–Kier alpha value is -1.72. The van der Waals surface area contributed by atoms with E-state index in [9.17, 15) is 10.1 Å². The van der Waals surface area contributed by atoms with Gasteiger partial charge in [-0.3, -0.25) is 14.8 Å². The van der Waals surface area contributed by atoms with Crippen LogP contribution in [0.15, 0.2) is 6.07 Å². The molecular formula is C11H16ClN3O4. The number of hydrogen-bond donors (Lipinski definition) is 0. The van der Waals surface area contributed by atoms with Crippen molar-refractivity contribution >= 4 is 17.8 Å². The van der Waals surface area contributed by atoms with Gasteiger partial charge in [0.05, 0.1) is 11.6 Å². The minimum absolute atomic E-state index is 0.0949. The average molecular weight is 290 g/mol. The number of carbonyl (C=O) groups excluding carboxylic acids is 2. The highest BCUT2D eigenvalue weighted by atomic mass is 35.5. The molecule has 0 amide bonds. The molecule has 0 fully saturated rings. The first kappa shape index (κ1) is 17.3. The van der Waals surface area contributed by atoms with Crippen LogP contribution in [0.5, 0.6) is 0 Å². The second-order valence-corrected chi connectivity index (χ2v) is 4.49. The molecule has 0 saturated carbocycles. The third-order valence-electron chi connectivity index (χ3n) is 2.90. The Morgan fingerprint density at radius 2 is 2.11 bits per heavy atom. The van der Waals surface area contributed by atoms with E-state index in [0.29, 0.717) is 10.8 Å². The van der Waals surface area contributed by atoms with Crippen molar-refractivity contribution in [1.29, 1.82) is 0 Å². The maximum Gasteiger partial charge on any atom is 0.373 e. The van der Waals surface area contributed by atoms with Gasteiger partial charge in [-0.15, -0.1) is 0 Å². The summed E-state index contributed by atoms with van der Waals surface area (Å²) in [5, 5.41) is 15.4. The van der Waals surface area contributed by atoms with Gasteiger partial charge in [0.1, 0.15) is 5.15 Å². The molecule has 0 aromatic carbocycles. The second-order valence-electron chi connectivity index (χ2n) is 4.11. The van der Waals surface area contributed by atoms with Gasteiger partial charge < -0.3 is 0 Å². The van der Waals surface area contributed by atoms with Crippen LogP contribution in [0, 0.1) is 16.0 Å². The van der Waals surface area contributed by atoms with Crippen molar-refractivity contribution in [3.05, 3.63) is 27.0 Å². The number of hydrogen-bond acceptors (Lipinski definition) is 5. The van der Waals surface area contributed by atoms with Crippen molar-refractivity contribution < 1.29 is 14.5 Å². The molecule has 1 heterocycles. The Bertz CT molecular complexity index is 435. The molecule has 0 aliphatic rings. The van der Waals surface area contributed by atoms with E-state index in [2.05, 4.69) is 5.10 Å². The fourth-order valence-electron chi connectivity index (χ4n) is 1.66. The monoisotopic (exact) mass is 289 g/mol. The number of nitro groups is 1. The van der Waals surface area contributed by atoms with Crippen LogP contribution in [0.2, 0.25) is 5.15 Å². The molecule has 0 saturated heterocycles. The lowest BCUT2D eigenvalue weighted by Gasteiger charge is -2.16. The smallest absolute Gasteiger partial charge is 0.265 e. The summed E-state index contributed by atoms with van der Waals surface area (Å²) in [5.41, 5.74) is 0.707. The fraction of sp³-hybridized carbons (Fsp3) is 0.636. The van der Waals surface area contributed by atoms with Gasteiger partial charge in [0.25, 0.3) is 0 Å². The summed E-state index contributed by atoms with van der Waals surface area (Å²) < 4.78 is 1.53. The largest absolute Gasteiger partial charge is 0.373 e. The van der Waals surface area contributed by atoms with Gasteiger partial charge in [0.15, 0.2) is 0 Å². The topological polar surface area (TPSA) is 95.1 Å². The van der Waals surface area contributed by atoms with Crippen molar-refractivity contribution in [1.82, 2.24) is 9.78 Å². The maximum absolute atomic E-state index is 10.6. The van der Waals surface area contributed by atoms with Crippen LogP contribution in [-0.4, -0.2) is 27.4 Å². The summed E-state index contributed by atoms with van der Waals surface area (Å²) in [6.45, 7) is 3.92. The van der Waals surface area contributed by atoms with E-state index in [1.54, 1.807) is 13.1 Å². The second kappa shape index (κ2) is 8.39. The van der Waals surface area contributed by atoms with E-state index in [4.69, 9.17) is 21.2 Å². The quantitative estimate of drug-likeness (QED) is 0.609. The first-order chi connectivity index (χ1) is 8.87. The lowest BCUT2D eigenvalue weighted by Crippen LogP contribution is -2.19. The standard InChI is InChI=1S/C10H16ClN3O2.CO2/c1-4-7(2)8(6-14(15)16)9-5-10(11)13(3)12-9;2-1-3/h5,7-8H,4,6H2,1-3H3;/t7?,8-;/m0./s1. The van der Waals surface area contributed by atoms with Gasteiger partial charge in [-0.2, -0.15) is 14.7 Å². The van der Waals surface area contributed by atoms with Crippen LogP contribution < -0.4 is 0 Å². The van der Waals surface area contributed by atoms with E-state index < -0.39 is 0 Å². The van der Waals surface area contributed by atoms with Crippen LogP contribution in [0.3, 0.4) is 0 Å². The molecule has 8 heteroatoms. The fourth-order valence-corrected chi connectivity index (χ4v) is 1.81. The Morgan fingerprint density at radius 3 is 2.42 bits per heavy atom. The molecule has 7 nitrogen and oxygen atoms in total. The zero-order chi connectivity index (χ0) is 15.0. The van der Waals surface area contributed by atoms with E-state index in [1.165, 1.54) is 4.68 Å². The highest BCUT2D eigenvalue weighted by molar-refractivity contribution is 6.29. The lowest BCUT2D eigenvalue weighted by atomic mass is 9.89. The molecule has 1 unspecified atom stereocenters. The predicted molar refractivity (Wildman–Crippen MR) is 67.3 cm³/mol. The molecule has 19 heavy (non-hydrogen) atoms.